The Morgan fingerprint density at radius 3 is 2.32 bits per heavy atom. The molecular weight excluding hydrogens is 250 g/mol. The van der Waals surface area contributed by atoms with Crippen molar-refractivity contribution >= 4 is 11.9 Å². The van der Waals surface area contributed by atoms with E-state index in [1.54, 1.807) is 6.92 Å². The minimum Gasteiger partial charge on any atom is -0.480 e. The lowest BCUT2D eigenvalue weighted by molar-refractivity contribution is -0.150. The molecule has 6 nitrogen and oxygen atoms in total. The predicted octanol–water partition coefficient (Wildman–Crippen LogP) is 0.997. The van der Waals surface area contributed by atoms with Crippen LogP contribution in [0, 0.1) is 5.92 Å². The molecule has 0 aliphatic heterocycles. The summed E-state index contributed by atoms with van der Waals surface area (Å²) >= 11 is 0. The number of nitrogens with zero attached hydrogens (tertiary/aromatic N) is 1. The first-order chi connectivity index (χ1) is 8.88. The molecular formula is C13H25NO5. The van der Waals surface area contributed by atoms with Gasteiger partial charge in [0.1, 0.15) is 12.6 Å². The maximum absolute atomic E-state index is 12.0. The van der Waals surface area contributed by atoms with Crippen LogP contribution >= 0.6 is 0 Å². The van der Waals surface area contributed by atoms with Crippen molar-refractivity contribution in [3.63, 3.8) is 0 Å². The molecule has 0 spiro atoms. The van der Waals surface area contributed by atoms with Gasteiger partial charge in [-0.1, -0.05) is 13.8 Å². The molecule has 112 valence electrons. The molecule has 0 rings (SSSR count). The number of ether oxygens (including phenoxy) is 2. The lowest BCUT2D eigenvalue weighted by atomic mass is 10.1. The zero-order valence-electron chi connectivity index (χ0n) is 12.2. The van der Waals surface area contributed by atoms with E-state index in [1.165, 1.54) is 12.0 Å². The Kier molecular flexibility index (Phi) is 9.16. The number of carboxylic acids is 1. The second-order valence-electron chi connectivity index (χ2n) is 4.84. The van der Waals surface area contributed by atoms with Crippen LogP contribution in [0.4, 0.5) is 0 Å². The molecule has 0 heterocycles. The first-order valence-electron chi connectivity index (χ1n) is 6.49. The van der Waals surface area contributed by atoms with Crippen LogP contribution in [0.1, 0.15) is 27.2 Å². The van der Waals surface area contributed by atoms with E-state index in [4.69, 9.17) is 14.6 Å². The lowest BCUT2D eigenvalue weighted by Crippen LogP contribution is -2.43. The fraction of sp³-hybridized carbons (Fsp3) is 0.846. The second kappa shape index (κ2) is 9.75. The Balaban J connectivity index is 4.29. The van der Waals surface area contributed by atoms with E-state index in [0.29, 0.717) is 19.1 Å². The Bertz CT molecular complexity index is 280. The average molecular weight is 275 g/mol. The van der Waals surface area contributed by atoms with E-state index < -0.39 is 12.1 Å². The van der Waals surface area contributed by atoms with Crippen molar-refractivity contribution in [2.75, 3.05) is 33.4 Å². The van der Waals surface area contributed by atoms with Gasteiger partial charge in [0.25, 0.3) is 5.91 Å². The minimum absolute atomic E-state index is 0.250. The highest BCUT2D eigenvalue weighted by Crippen LogP contribution is 2.04. The summed E-state index contributed by atoms with van der Waals surface area (Å²) in [4.78, 5) is 24.0. The maximum atomic E-state index is 12.0. The van der Waals surface area contributed by atoms with Crippen molar-refractivity contribution in [3.05, 3.63) is 0 Å². The summed E-state index contributed by atoms with van der Waals surface area (Å²) in [5.74, 6) is -0.854. The molecule has 0 fully saturated rings. The van der Waals surface area contributed by atoms with Crippen LogP contribution in [-0.2, 0) is 19.1 Å². The van der Waals surface area contributed by atoms with Gasteiger partial charge in [-0.05, 0) is 19.3 Å². The van der Waals surface area contributed by atoms with Gasteiger partial charge in [-0.3, -0.25) is 9.59 Å². The number of amides is 1. The molecule has 0 aromatic heterocycles. The third kappa shape index (κ3) is 8.56. The number of rotatable bonds is 10. The first kappa shape index (κ1) is 17.9. The number of methoxy groups -OCH3 is 1. The van der Waals surface area contributed by atoms with Crippen LogP contribution in [-0.4, -0.2) is 61.4 Å². The van der Waals surface area contributed by atoms with Gasteiger partial charge in [-0.15, -0.1) is 0 Å². The van der Waals surface area contributed by atoms with E-state index in [9.17, 15) is 9.59 Å². The Morgan fingerprint density at radius 2 is 1.84 bits per heavy atom. The van der Waals surface area contributed by atoms with Crippen LogP contribution in [0.3, 0.4) is 0 Å². The summed E-state index contributed by atoms with van der Waals surface area (Å²) in [6, 6.07) is 0. The Hall–Kier alpha value is -1.14. The number of aliphatic carboxylic acids is 1. The summed E-state index contributed by atoms with van der Waals surface area (Å²) in [5.41, 5.74) is 0. The third-order valence-electron chi connectivity index (χ3n) is 2.61. The summed E-state index contributed by atoms with van der Waals surface area (Å²) in [6.07, 6.45) is 0.240. The van der Waals surface area contributed by atoms with Crippen LogP contribution in [0.2, 0.25) is 0 Å². The number of hydrogen-bond donors (Lipinski definition) is 1. The van der Waals surface area contributed by atoms with Crippen LogP contribution in [0.15, 0.2) is 0 Å². The largest absolute Gasteiger partial charge is 0.480 e. The molecule has 1 unspecified atom stereocenters. The van der Waals surface area contributed by atoms with E-state index in [0.717, 1.165) is 6.42 Å². The van der Waals surface area contributed by atoms with Crippen LogP contribution < -0.4 is 0 Å². The molecule has 0 aliphatic rings. The van der Waals surface area contributed by atoms with Gasteiger partial charge in [-0.25, -0.2) is 0 Å². The maximum Gasteiger partial charge on any atom is 0.323 e. The van der Waals surface area contributed by atoms with Gasteiger partial charge in [0.15, 0.2) is 0 Å². The molecule has 1 atom stereocenters. The SMILES string of the molecule is COCCN(CC(=O)O)C(=O)C(C)OCCC(C)C. The highest BCUT2D eigenvalue weighted by molar-refractivity contribution is 5.84. The topological polar surface area (TPSA) is 76.1 Å². The van der Waals surface area contributed by atoms with Gasteiger partial charge in [0, 0.05) is 20.3 Å². The molecule has 0 saturated carbocycles. The molecule has 1 N–H and O–H groups in total. The monoisotopic (exact) mass is 275 g/mol. The Morgan fingerprint density at radius 1 is 1.21 bits per heavy atom. The summed E-state index contributed by atoms with van der Waals surface area (Å²) in [6.45, 7) is 6.51. The van der Waals surface area contributed by atoms with E-state index in [2.05, 4.69) is 13.8 Å². The molecule has 0 aromatic carbocycles. The van der Waals surface area contributed by atoms with Gasteiger partial charge in [0.05, 0.1) is 6.61 Å². The Labute approximate surface area is 114 Å². The molecule has 1 amide bonds. The van der Waals surface area contributed by atoms with E-state index in [1.807, 2.05) is 0 Å². The number of carbonyl (C=O) groups excluding carboxylic acids is 1. The average Bonchev–Trinajstić information content (AvgIpc) is 2.32. The van der Waals surface area contributed by atoms with Gasteiger partial charge in [0.2, 0.25) is 0 Å². The lowest BCUT2D eigenvalue weighted by Gasteiger charge is -2.24. The molecule has 0 saturated heterocycles. The molecule has 0 aliphatic carbocycles. The standard InChI is InChI=1S/C13H25NO5/c1-10(2)5-7-19-11(3)13(17)14(6-8-18-4)9-12(15)16/h10-11H,5-9H2,1-4H3,(H,15,16). The van der Waals surface area contributed by atoms with Crippen molar-refractivity contribution in [3.8, 4) is 0 Å². The summed E-state index contributed by atoms with van der Waals surface area (Å²) in [7, 11) is 1.51. The highest BCUT2D eigenvalue weighted by Gasteiger charge is 2.22. The first-order valence-corrected chi connectivity index (χ1v) is 6.49. The number of hydrogen-bond acceptors (Lipinski definition) is 4. The van der Waals surface area contributed by atoms with Crippen molar-refractivity contribution in [1.82, 2.24) is 4.90 Å². The van der Waals surface area contributed by atoms with E-state index >= 15 is 0 Å². The normalized spacial score (nSPS) is 12.5. The zero-order chi connectivity index (χ0) is 14.8. The van der Waals surface area contributed by atoms with Crippen molar-refractivity contribution in [2.45, 2.75) is 33.3 Å². The predicted molar refractivity (Wildman–Crippen MR) is 71.0 cm³/mol. The smallest absolute Gasteiger partial charge is 0.323 e. The van der Waals surface area contributed by atoms with Crippen molar-refractivity contribution < 1.29 is 24.2 Å². The fourth-order valence-electron chi connectivity index (χ4n) is 1.44. The van der Waals surface area contributed by atoms with Crippen molar-refractivity contribution in [2.24, 2.45) is 5.92 Å². The number of carbonyl (C=O) groups is 2. The summed E-state index contributed by atoms with van der Waals surface area (Å²) < 4.78 is 10.3. The highest BCUT2D eigenvalue weighted by atomic mass is 16.5. The molecule has 19 heavy (non-hydrogen) atoms. The number of carboxylic acid groups (broad SMARTS) is 1. The van der Waals surface area contributed by atoms with E-state index in [-0.39, 0.29) is 19.0 Å². The van der Waals surface area contributed by atoms with Crippen LogP contribution in [0.25, 0.3) is 0 Å². The fourth-order valence-corrected chi connectivity index (χ4v) is 1.44. The quantitative estimate of drug-likeness (QED) is 0.643. The third-order valence-corrected chi connectivity index (χ3v) is 2.61. The van der Waals surface area contributed by atoms with Gasteiger partial charge < -0.3 is 19.5 Å². The molecule has 0 bridgehead atoms. The van der Waals surface area contributed by atoms with Crippen molar-refractivity contribution in [1.29, 1.82) is 0 Å². The second-order valence-corrected chi connectivity index (χ2v) is 4.84. The molecule has 6 heteroatoms. The zero-order valence-corrected chi connectivity index (χ0v) is 12.2. The van der Waals surface area contributed by atoms with Gasteiger partial charge in [-0.2, -0.15) is 0 Å². The molecule has 0 radical (unpaired) electrons. The summed E-state index contributed by atoms with van der Waals surface area (Å²) in [5, 5.41) is 8.79. The molecule has 0 aromatic rings. The van der Waals surface area contributed by atoms with Gasteiger partial charge >= 0.3 is 5.97 Å². The minimum atomic E-state index is -1.04. The van der Waals surface area contributed by atoms with Crippen LogP contribution in [0.5, 0.6) is 0 Å².